The Hall–Kier alpha value is -2.67. The van der Waals surface area contributed by atoms with Gasteiger partial charge in [-0.05, 0) is 68.3 Å². The van der Waals surface area contributed by atoms with E-state index >= 15 is 0 Å². The standard InChI is InChI=1S/C20H22N2O4S/c1-13(2)27(25,26)18-7-4-15(5-8-18)20(24)21-17-6-9-19-16(12-17)10-11-22(19)14(3)23/h4-9,12-13H,10-11H2,1-3H3,(H,21,24). The summed E-state index contributed by atoms with van der Waals surface area (Å²) in [4.78, 5) is 26.0. The molecule has 27 heavy (non-hydrogen) atoms. The van der Waals surface area contributed by atoms with Crippen LogP contribution in [-0.4, -0.2) is 32.0 Å². The zero-order valence-electron chi connectivity index (χ0n) is 15.5. The van der Waals surface area contributed by atoms with Gasteiger partial charge >= 0.3 is 0 Å². The number of fused-ring (bicyclic) bond motifs is 1. The molecule has 0 radical (unpaired) electrons. The molecule has 1 heterocycles. The maximum absolute atomic E-state index is 12.5. The van der Waals surface area contributed by atoms with Crippen molar-refractivity contribution in [3.8, 4) is 0 Å². The van der Waals surface area contributed by atoms with E-state index in [4.69, 9.17) is 0 Å². The smallest absolute Gasteiger partial charge is 0.255 e. The van der Waals surface area contributed by atoms with Gasteiger partial charge in [-0.3, -0.25) is 9.59 Å². The lowest BCUT2D eigenvalue weighted by Gasteiger charge is -2.15. The van der Waals surface area contributed by atoms with Crippen molar-refractivity contribution < 1.29 is 18.0 Å². The van der Waals surface area contributed by atoms with E-state index in [0.29, 0.717) is 17.8 Å². The molecule has 6 nitrogen and oxygen atoms in total. The third-order valence-corrected chi connectivity index (χ3v) is 6.85. The van der Waals surface area contributed by atoms with E-state index in [1.165, 1.54) is 31.2 Å². The quantitative estimate of drug-likeness (QED) is 0.875. The van der Waals surface area contributed by atoms with Crippen LogP contribution in [-0.2, 0) is 21.1 Å². The van der Waals surface area contributed by atoms with E-state index in [1.54, 1.807) is 24.8 Å². The molecule has 2 amide bonds. The average molecular weight is 386 g/mol. The van der Waals surface area contributed by atoms with Crippen molar-refractivity contribution >= 4 is 33.0 Å². The van der Waals surface area contributed by atoms with Crippen LogP contribution in [0.15, 0.2) is 47.4 Å². The Bertz CT molecular complexity index is 995. The minimum absolute atomic E-state index is 0.00183. The molecule has 0 unspecified atom stereocenters. The Labute approximate surface area is 159 Å². The molecule has 0 aliphatic carbocycles. The molecule has 0 bridgehead atoms. The summed E-state index contributed by atoms with van der Waals surface area (Å²) in [5, 5.41) is 2.31. The molecule has 0 spiro atoms. The largest absolute Gasteiger partial charge is 0.322 e. The van der Waals surface area contributed by atoms with Gasteiger partial charge in [0.15, 0.2) is 9.84 Å². The van der Waals surface area contributed by atoms with E-state index < -0.39 is 15.1 Å². The monoisotopic (exact) mass is 386 g/mol. The molecule has 0 fully saturated rings. The maximum atomic E-state index is 12.5. The van der Waals surface area contributed by atoms with Crippen LogP contribution in [0.2, 0.25) is 0 Å². The Morgan fingerprint density at radius 2 is 1.74 bits per heavy atom. The highest BCUT2D eigenvalue weighted by Gasteiger charge is 2.23. The summed E-state index contributed by atoms with van der Waals surface area (Å²) in [6.45, 7) is 5.43. The number of rotatable bonds is 4. The van der Waals surface area contributed by atoms with Crippen molar-refractivity contribution in [2.45, 2.75) is 37.3 Å². The summed E-state index contributed by atoms with van der Waals surface area (Å²) in [5.74, 6) is -0.313. The Kier molecular flexibility index (Phi) is 5.06. The number of hydrogen-bond acceptors (Lipinski definition) is 4. The highest BCUT2D eigenvalue weighted by atomic mass is 32.2. The lowest BCUT2D eigenvalue weighted by Crippen LogP contribution is -2.25. The predicted octanol–water partition coefficient (Wildman–Crippen LogP) is 3.03. The molecule has 0 saturated heterocycles. The van der Waals surface area contributed by atoms with Crippen LogP contribution in [0.25, 0.3) is 0 Å². The van der Waals surface area contributed by atoms with Gasteiger partial charge in [-0.1, -0.05) is 0 Å². The van der Waals surface area contributed by atoms with Crippen molar-refractivity contribution in [1.29, 1.82) is 0 Å². The van der Waals surface area contributed by atoms with Gasteiger partial charge in [-0.15, -0.1) is 0 Å². The van der Waals surface area contributed by atoms with Gasteiger partial charge in [-0.25, -0.2) is 8.42 Å². The minimum Gasteiger partial charge on any atom is -0.322 e. The molecule has 1 N–H and O–H groups in total. The second kappa shape index (κ2) is 7.15. The van der Waals surface area contributed by atoms with Gasteiger partial charge in [-0.2, -0.15) is 0 Å². The molecule has 1 aliphatic rings. The van der Waals surface area contributed by atoms with Crippen molar-refractivity contribution in [2.24, 2.45) is 0 Å². The molecular formula is C20H22N2O4S. The van der Waals surface area contributed by atoms with E-state index in [9.17, 15) is 18.0 Å². The predicted molar refractivity (Wildman–Crippen MR) is 105 cm³/mol. The van der Waals surface area contributed by atoms with Crippen molar-refractivity contribution in [2.75, 3.05) is 16.8 Å². The van der Waals surface area contributed by atoms with Gasteiger partial charge in [0.1, 0.15) is 0 Å². The van der Waals surface area contributed by atoms with E-state index in [1.807, 2.05) is 12.1 Å². The zero-order valence-corrected chi connectivity index (χ0v) is 16.3. The SMILES string of the molecule is CC(=O)N1CCc2cc(NC(=O)c3ccc(S(=O)(=O)C(C)C)cc3)ccc21. The summed E-state index contributed by atoms with van der Waals surface area (Å²) in [6.07, 6.45) is 0.750. The second-order valence-electron chi connectivity index (χ2n) is 6.84. The number of nitrogens with zero attached hydrogens (tertiary/aromatic N) is 1. The Balaban J connectivity index is 1.76. The molecule has 0 saturated carbocycles. The number of amides is 2. The molecule has 0 atom stereocenters. The average Bonchev–Trinajstić information content (AvgIpc) is 3.05. The maximum Gasteiger partial charge on any atom is 0.255 e. The minimum atomic E-state index is -3.36. The molecule has 2 aromatic rings. The normalized spacial score (nSPS) is 13.6. The highest BCUT2D eigenvalue weighted by molar-refractivity contribution is 7.92. The van der Waals surface area contributed by atoms with Crippen LogP contribution in [0.4, 0.5) is 11.4 Å². The van der Waals surface area contributed by atoms with Crippen molar-refractivity contribution in [3.05, 3.63) is 53.6 Å². The van der Waals surface area contributed by atoms with Gasteiger partial charge in [0, 0.05) is 30.4 Å². The first kappa shape index (κ1) is 19.1. The second-order valence-corrected chi connectivity index (χ2v) is 9.34. The number of hydrogen-bond donors (Lipinski definition) is 1. The number of nitrogens with one attached hydrogen (secondary N) is 1. The Morgan fingerprint density at radius 3 is 2.33 bits per heavy atom. The summed E-state index contributed by atoms with van der Waals surface area (Å²) in [7, 11) is -3.36. The van der Waals surface area contributed by atoms with Gasteiger partial charge in [0.2, 0.25) is 5.91 Å². The lowest BCUT2D eigenvalue weighted by molar-refractivity contribution is -0.116. The fourth-order valence-corrected chi connectivity index (χ4v) is 4.14. The van der Waals surface area contributed by atoms with Crippen LogP contribution >= 0.6 is 0 Å². The van der Waals surface area contributed by atoms with Gasteiger partial charge < -0.3 is 10.2 Å². The van der Waals surface area contributed by atoms with Gasteiger partial charge in [0.25, 0.3) is 5.91 Å². The lowest BCUT2D eigenvalue weighted by atomic mass is 10.1. The molecule has 2 aromatic carbocycles. The number of benzene rings is 2. The summed E-state index contributed by atoms with van der Waals surface area (Å²) >= 11 is 0. The van der Waals surface area contributed by atoms with Gasteiger partial charge in [0.05, 0.1) is 10.1 Å². The molecule has 142 valence electrons. The van der Waals surface area contributed by atoms with Crippen LogP contribution in [0.5, 0.6) is 0 Å². The molecular weight excluding hydrogens is 364 g/mol. The fraction of sp³-hybridized carbons (Fsp3) is 0.300. The first-order chi connectivity index (χ1) is 12.7. The third kappa shape index (κ3) is 3.73. The van der Waals surface area contributed by atoms with Crippen LogP contribution in [0, 0.1) is 0 Å². The zero-order chi connectivity index (χ0) is 19.8. The van der Waals surface area contributed by atoms with Crippen molar-refractivity contribution in [1.82, 2.24) is 0 Å². The molecule has 0 aromatic heterocycles. The van der Waals surface area contributed by atoms with E-state index in [-0.39, 0.29) is 16.7 Å². The summed E-state index contributed by atoms with van der Waals surface area (Å²) in [6, 6.07) is 11.4. The Morgan fingerprint density at radius 1 is 1.07 bits per heavy atom. The van der Waals surface area contributed by atoms with Crippen molar-refractivity contribution in [3.63, 3.8) is 0 Å². The number of sulfone groups is 1. The topological polar surface area (TPSA) is 83.6 Å². The molecule has 3 rings (SSSR count). The highest BCUT2D eigenvalue weighted by Crippen LogP contribution is 2.30. The fourth-order valence-electron chi connectivity index (χ4n) is 3.08. The first-order valence-corrected chi connectivity index (χ1v) is 10.3. The molecule has 7 heteroatoms. The summed E-state index contributed by atoms with van der Waals surface area (Å²) < 4.78 is 24.3. The van der Waals surface area contributed by atoms with Crippen LogP contribution in [0.1, 0.15) is 36.7 Å². The third-order valence-electron chi connectivity index (χ3n) is 4.68. The number of carbonyl (C=O) groups excluding carboxylic acids is 2. The van der Waals surface area contributed by atoms with E-state index in [2.05, 4.69) is 5.32 Å². The molecule has 1 aliphatic heterocycles. The van der Waals surface area contributed by atoms with Crippen LogP contribution < -0.4 is 10.2 Å². The van der Waals surface area contributed by atoms with E-state index in [0.717, 1.165) is 17.7 Å². The first-order valence-electron chi connectivity index (χ1n) is 8.76. The van der Waals surface area contributed by atoms with Crippen LogP contribution in [0.3, 0.4) is 0 Å². The number of anilines is 2. The number of carbonyl (C=O) groups is 2. The summed E-state index contributed by atoms with van der Waals surface area (Å²) in [5.41, 5.74) is 2.91.